The largest absolute Gasteiger partial charge is 0.405 e. The van der Waals surface area contributed by atoms with E-state index in [9.17, 15) is 32.8 Å². The van der Waals surface area contributed by atoms with Gasteiger partial charge in [0.15, 0.2) is 0 Å². The number of hydrogen-bond donors (Lipinski definition) is 3. The normalized spacial score (nSPS) is 20.5. The number of carbonyl (C=O) groups excluding carboxylic acids is 2. The third kappa shape index (κ3) is 6.23. The van der Waals surface area contributed by atoms with Crippen LogP contribution in [0.4, 0.5) is 18.9 Å². The van der Waals surface area contributed by atoms with E-state index in [-0.39, 0.29) is 29.9 Å². The first-order valence-electron chi connectivity index (χ1n) is 10.2. The van der Waals surface area contributed by atoms with Crippen molar-refractivity contribution in [1.29, 1.82) is 5.26 Å². The molecule has 0 bridgehead atoms. The van der Waals surface area contributed by atoms with Crippen LogP contribution in [-0.4, -0.2) is 41.7 Å². The second-order valence-electron chi connectivity index (χ2n) is 8.00. The molecule has 1 aromatic heterocycles. The predicted octanol–water partition coefficient (Wildman–Crippen LogP) is 1.70. The molecule has 2 aliphatic rings. The quantitative estimate of drug-likeness (QED) is 0.542. The van der Waals surface area contributed by atoms with E-state index in [0.29, 0.717) is 19.4 Å². The topological polar surface area (TPSA) is 116 Å². The molecule has 2 amide bonds. The summed E-state index contributed by atoms with van der Waals surface area (Å²) >= 11 is 0. The van der Waals surface area contributed by atoms with Crippen LogP contribution in [0.15, 0.2) is 23.1 Å². The van der Waals surface area contributed by atoms with Crippen LogP contribution >= 0.6 is 0 Å². The number of anilines is 1. The maximum atomic E-state index is 13.0. The number of nitriles is 1. The highest BCUT2D eigenvalue weighted by Gasteiger charge is 2.34. The van der Waals surface area contributed by atoms with Crippen LogP contribution in [0, 0.1) is 23.2 Å². The molecule has 1 aromatic rings. The first-order chi connectivity index (χ1) is 14.7. The van der Waals surface area contributed by atoms with Gasteiger partial charge in [-0.05, 0) is 37.3 Å². The Labute approximate surface area is 176 Å². The van der Waals surface area contributed by atoms with Crippen LogP contribution in [0.1, 0.15) is 38.1 Å². The van der Waals surface area contributed by atoms with Gasteiger partial charge in [0.1, 0.15) is 24.3 Å². The zero-order valence-corrected chi connectivity index (χ0v) is 16.7. The van der Waals surface area contributed by atoms with Crippen LogP contribution < -0.4 is 21.5 Å². The molecule has 168 valence electrons. The summed E-state index contributed by atoms with van der Waals surface area (Å²) in [5.74, 6) is -0.865. The molecule has 31 heavy (non-hydrogen) atoms. The molecule has 0 unspecified atom stereocenters. The molecule has 1 saturated heterocycles. The molecule has 2 fully saturated rings. The lowest BCUT2D eigenvalue weighted by Crippen LogP contribution is -2.43. The summed E-state index contributed by atoms with van der Waals surface area (Å²) < 4.78 is 38.7. The van der Waals surface area contributed by atoms with Crippen molar-refractivity contribution in [3.63, 3.8) is 0 Å². The van der Waals surface area contributed by atoms with Gasteiger partial charge in [-0.15, -0.1) is 0 Å². The van der Waals surface area contributed by atoms with Gasteiger partial charge >= 0.3 is 6.18 Å². The monoisotopic (exact) mass is 439 g/mol. The molecule has 3 rings (SSSR count). The molecule has 8 nitrogen and oxygen atoms in total. The molecule has 3 atom stereocenters. The van der Waals surface area contributed by atoms with Crippen molar-refractivity contribution in [2.24, 2.45) is 11.8 Å². The second kappa shape index (κ2) is 9.41. The maximum absolute atomic E-state index is 13.0. The number of amides is 2. The molecule has 1 aliphatic heterocycles. The average Bonchev–Trinajstić information content (AvgIpc) is 3.45. The van der Waals surface area contributed by atoms with Gasteiger partial charge in [-0.2, -0.15) is 18.4 Å². The van der Waals surface area contributed by atoms with E-state index in [4.69, 9.17) is 0 Å². The molecule has 0 radical (unpaired) electrons. The van der Waals surface area contributed by atoms with Crippen molar-refractivity contribution in [3.8, 4) is 6.07 Å². The number of rotatable bonds is 9. The fraction of sp³-hybridized carbons (Fsp3) is 0.600. The number of pyridine rings is 1. The lowest BCUT2D eigenvalue weighted by molar-refractivity contribution is -0.126. The Bertz CT molecular complexity index is 920. The van der Waals surface area contributed by atoms with Gasteiger partial charge in [-0.1, -0.05) is 12.8 Å². The Kier molecular flexibility index (Phi) is 6.87. The Morgan fingerprint density at radius 2 is 2.03 bits per heavy atom. The van der Waals surface area contributed by atoms with E-state index in [1.54, 1.807) is 0 Å². The molecule has 0 spiro atoms. The fourth-order valence-corrected chi connectivity index (χ4v) is 3.67. The highest BCUT2D eigenvalue weighted by Crippen LogP contribution is 2.36. The van der Waals surface area contributed by atoms with E-state index in [2.05, 4.69) is 16.0 Å². The van der Waals surface area contributed by atoms with E-state index in [1.165, 1.54) is 18.3 Å². The Hall–Kier alpha value is -3.03. The van der Waals surface area contributed by atoms with E-state index in [0.717, 1.165) is 17.4 Å². The van der Waals surface area contributed by atoms with Crippen molar-refractivity contribution < 1.29 is 22.8 Å². The van der Waals surface area contributed by atoms with Crippen LogP contribution in [0.3, 0.4) is 0 Å². The zero-order chi connectivity index (χ0) is 22.6. The van der Waals surface area contributed by atoms with Crippen molar-refractivity contribution in [2.45, 2.75) is 50.4 Å². The summed E-state index contributed by atoms with van der Waals surface area (Å²) in [5, 5.41) is 16.8. The molecule has 3 N–H and O–H groups in total. The summed E-state index contributed by atoms with van der Waals surface area (Å²) in [7, 11) is 0. The van der Waals surface area contributed by atoms with Crippen LogP contribution in [0.2, 0.25) is 0 Å². The lowest BCUT2D eigenvalue weighted by atomic mass is 9.98. The first kappa shape index (κ1) is 22.7. The molecular weight excluding hydrogens is 415 g/mol. The SMILES string of the molecule is N#C[C@H](C[C@@H]1CCNC1=O)NC(=O)[C@H](CC1CC1)n1cccc(NCC(F)(F)F)c1=O. The minimum Gasteiger partial charge on any atom is -0.372 e. The lowest BCUT2D eigenvalue weighted by Gasteiger charge is -2.22. The Morgan fingerprint density at radius 1 is 1.29 bits per heavy atom. The molecule has 1 aliphatic carbocycles. The van der Waals surface area contributed by atoms with Gasteiger partial charge < -0.3 is 20.5 Å². The van der Waals surface area contributed by atoms with Crippen LogP contribution in [-0.2, 0) is 9.59 Å². The third-order valence-corrected chi connectivity index (χ3v) is 5.50. The predicted molar refractivity (Wildman–Crippen MR) is 105 cm³/mol. The number of aromatic nitrogens is 1. The number of hydrogen-bond acceptors (Lipinski definition) is 5. The second-order valence-corrected chi connectivity index (χ2v) is 8.00. The zero-order valence-electron chi connectivity index (χ0n) is 16.7. The van der Waals surface area contributed by atoms with Gasteiger partial charge in [-0.25, -0.2) is 0 Å². The van der Waals surface area contributed by atoms with Gasteiger partial charge in [0.2, 0.25) is 11.8 Å². The van der Waals surface area contributed by atoms with Crippen molar-refractivity contribution in [1.82, 2.24) is 15.2 Å². The van der Waals surface area contributed by atoms with Gasteiger partial charge in [0, 0.05) is 18.7 Å². The summed E-state index contributed by atoms with van der Waals surface area (Å²) in [6.45, 7) is -0.848. The van der Waals surface area contributed by atoms with Crippen molar-refractivity contribution >= 4 is 17.5 Å². The number of carbonyl (C=O) groups is 2. The number of nitrogens with one attached hydrogen (secondary N) is 3. The summed E-state index contributed by atoms with van der Waals surface area (Å²) in [6, 6.07) is 2.74. The molecule has 2 heterocycles. The van der Waals surface area contributed by atoms with Gasteiger partial charge in [0.05, 0.1) is 6.07 Å². The fourth-order valence-electron chi connectivity index (χ4n) is 3.67. The molecule has 0 aromatic carbocycles. The van der Waals surface area contributed by atoms with E-state index in [1.807, 2.05) is 6.07 Å². The highest BCUT2D eigenvalue weighted by atomic mass is 19.4. The third-order valence-electron chi connectivity index (χ3n) is 5.50. The molecule has 11 heteroatoms. The Morgan fingerprint density at radius 3 is 2.61 bits per heavy atom. The van der Waals surface area contributed by atoms with Gasteiger partial charge in [-0.3, -0.25) is 14.4 Å². The van der Waals surface area contributed by atoms with E-state index < -0.39 is 36.3 Å². The average molecular weight is 439 g/mol. The summed E-state index contributed by atoms with van der Waals surface area (Å²) in [6.07, 6.45) is -0.263. The number of nitrogens with zero attached hydrogens (tertiary/aromatic N) is 2. The van der Waals surface area contributed by atoms with E-state index >= 15 is 0 Å². The van der Waals surface area contributed by atoms with Crippen LogP contribution in [0.5, 0.6) is 0 Å². The Balaban J connectivity index is 1.76. The smallest absolute Gasteiger partial charge is 0.372 e. The minimum absolute atomic E-state index is 0.159. The summed E-state index contributed by atoms with van der Waals surface area (Å²) in [5.41, 5.74) is -0.996. The van der Waals surface area contributed by atoms with Gasteiger partial charge in [0.25, 0.3) is 5.56 Å². The molecular formula is C20H24F3N5O3. The van der Waals surface area contributed by atoms with Crippen molar-refractivity contribution in [3.05, 3.63) is 28.7 Å². The number of alkyl halides is 3. The minimum atomic E-state index is -4.50. The maximum Gasteiger partial charge on any atom is 0.405 e. The highest BCUT2D eigenvalue weighted by molar-refractivity contribution is 5.82. The number of halogens is 3. The summed E-state index contributed by atoms with van der Waals surface area (Å²) in [4.78, 5) is 37.5. The van der Waals surface area contributed by atoms with Crippen molar-refractivity contribution in [2.75, 3.05) is 18.4 Å². The molecule has 1 saturated carbocycles. The first-order valence-corrected chi connectivity index (χ1v) is 10.2. The van der Waals surface area contributed by atoms with Crippen LogP contribution in [0.25, 0.3) is 0 Å². The standard InChI is InChI=1S/C20H24F3N5O3/c21-20(22,23)11-26-15-2-1-7-28(19(15)31)16(8-12-3-4-12)18(30)27-14(10-24)9-13-5-6-25-17(13)29/h1-2,7,12-14,16,26H,3-6,8-9,11H2,(H,25,29)(H,27,30)/t13-,14-,16-/m0/s1.